The van der Waals surface area contributed by atoms with Gasteiger partial charge in [-0.05, 0) is 23.9 Å². The molecular weight excluding hydrogens is 288 g/mol. The molecule has 0 bridgehead atoms. The molecule has 0 saturated heterocycles. The molecule has 1 aromatic heterocycles. The van der Waals surface area contributed by atoms with E-state index in [0.29, 0.717) is 5.75 Å². The van der Waals surface area contributed by atoms with Crippen molar-refractivity contribution in [3.05, 3.63) is 57.8 Å². The first-order chi connectivity index (χ1) is 9.74. The second-order valence-electron chi connectivity index (χ2n) is 4.29. The van der Waals surface area contributed by atoms with Crippen molar-refractivity contribution in [2.75, 3.05) is 5.75 Å². The van der Waals surface area contributed by atoms with E-state index in [1.165, 1.54) is 11.1 Å². The summed E-state index contributed by atoms with van der Waals surface area (Å²) in [6.07, 6.45) is 1.66. The van der Waals surface area contributed by atoms with Gasteiger partial charge >= 0.3 is 0 Å². The molecule has 1 amide bonds. The summed E-state index contributed by atoms with van der Waals surface area (Å²) in [6, 6.07) is 12.3. The number of carbonyl (C=O) groups excluding carboxylic acids is 1. The number of hydrogen-bond acceptors (Lipinski definition) is 4. The Morgan fingerprint density at radius 2 is 2.15 bits per heavy atom. The topological polar surface area (TPSA) is 41.5 Å². The number of hydrogen-bond donors (Lipinski definition) is 1. The van der Waals surface area contributed by atoms with Crippen LogP contribution in [-0.4, -0.2) is 17.9 Å². The van der Waals surface area contributed by atoms with Gasteiger partial charge in [-0.2, -0.15) is 5.10 Å². The first kappa shape index (κ1) is 14.8. The van der Waals surface area contributed by atoms with E-state index in [9.17, 15) is 4.79 Å². The van der Waals surface area contributed by atoms with Crippen molar-refractivity contribution in [2.24, 2.45) is 5.10 Å². The molecule has 5 heteroatoms. The minimum atomic E-state index is -0.0742. The van der Waals surface area contributed by atoms with Crippen molar-refractivity contribution in [2.45, 2.75) is 12.7 Å². The van der Waals surface area contributed by atoms with Crippen LogP contribution in [0.25, 0.3) is 0 Å². The molecule has 2 rings (SSSR count). The molecule has 0 saturated carbocycles. The van der Waals surface area contributed by atoms with Crippen LogP contribution in [0.5, 0.6) is 0 Å². The first-order valence-corrected chi connectivity index (χ1v) is 8.26. The lowest BCUT2D eigenvalue weighted by atomic mass is 10.2. The van der Waals surface area contributed by atoms with Gasteiger partial charge in [0.1, 0.15) is 0 Å². The normalized spacial score (nSPS) is 10.8. The predicted molar refractivity (Wildman–Crippen MR) is 87.4 cm³/mol. The van der Waals surface area contributed by atoms with Crippen molar-refractivity contribution in [3.8, 4) is 0 Å². The lowest BCUT2D eigenvalue weighted by Gasteiger charge is -2.02. The zero-order valence-corrected chi connectivity index (χ0v) is 12.8. The second-order valence-corrected chi connectivity index (χ2v) is 6.25. The molecule has 3 nitrogen and oxygen atoms in total. The summed E-state index contributed by atoms with van der Waals surface area (Å²) in [5.41, 5.74) is 5.01. The molecule has 0 atom stereocenters. The number of hydrazone groups is 1. The highest BCUT2D eigenvalue weighted by Crippen LogP contribution is 2.12. The fourth-order valence-corrected chi connectivity index (χ4v) is 2.88. The van der Waals surface area contributed by atoms with E-state index >= 15 is 0 Å². The number of amides is 1. The van der Waals surface area contributed by atoms with Gasteiger partial charge < -0.3 is 0 Å². The average Bonchev–Trinajstić information content (AvgIpc) is 2.94. The van der Waals surface area contributed by atoms with Crippen molar-refractivity contribution in [3.63, 3.8) is 0 Å². The Balaban J connectivity index is 1.66. The minimum Gasteiger partial charge on any atom is -0.272 e. The van der Waals surface area contributed by atoms with Gasteiger partial charge in [-0.15, -0.1) is 23.1 Å². The molecule has 0 aliphatic carbocycles. The number of benzene rings is 1. The molecule has 2 aromatic rings. The monoisotopic (exact) mass is 304 g/mol. The molecule has 0 aliphatic heterocycles. The maximum absolute atomic E-state index is 11.6. The van der Waals surface area contributed by atoms with Crippen LogP contribution in [0.15, 0.2) is 46.9 Å². The van der Waals surface area contributed by atoms with Gasteiger partial charge in [0, 0.05) is 10.6 Å². The van der Waals surface area contributed by atoms with Crippen LogP contribution in [0.3, 0.4) is 0 Å². The predicted octanol–water partition coefficient (Wildman–Crippen LogP) is 3.44. The van der Waals surface area contributed by atoms with E-state index < -0.39 is 0 Å². The Morgan fingerprint density at radius 3 is 2.85 bits per heavy atom. The molecule has 104 valence electrons. The second kappa shape index (κ2) is 7.87. The third-order valence-electron chi connectivity index (χ3n) is 2.55. The SMILES string of the molecule is Cc1ccc(CSCC(=O)N/N=C/c2cccs2)cc1. The number of carbonyl (C=O) groups is 1. The summed E-state index contributed by atoms with van der Waals surface area (Å²) in [6.45, 7) is 2.07. The third kappa shape index (κ3) is 5.19. The van der Waals surface area contributed by atoms with E-state index in [1.54, 1.807) is 29.3 Å². The van der Waals surface area contributed by atoms with Crippen LogP contribution >= 0.6 is 23.1 Å². The smallest absolute Gasteiger partial charge is 0.250 e. The van der Waals surface area contributed by atoms with Crippen molar-refractivity contribution in [1.82, 2.24) is 5.43 Å². The molecule has 0 radical (unpaired) electrons. The van der Waals surface area contributed by atoms with Crippen LogP contribution in [0.4, 0.5) is 0 Å². The lowest BCUT2D eigenvalue weighted by Crippen LogP contribution is -2.19. The van der Waals surface area contributed by atoms with Gasteiger partial charge in [-0.25, -0.2) is 5.43 Å². The van der Waals surface area contributed by atoms with E-state index in [2.05, 4.69) is 41.7 Å². The van der Waals surface area contributed by atoms with Gasteiger partial charge in [-0.1, -0.05) is 35.9 Å². The van der Waals surface area contributed by atoms with E-state index in [4.69, 9.17) is 0 Å². The van der Waals surface area contributed by atoms with Crippen molar-refractivity contribution in [1.29, 1.82) is 0 Å². The Kier molecular flexibility index (Phi) is 5.83. The molecule has 1 heterocycles. The van der Waals surface area contributed by atoms with Crippen molar-refractivity contribution < 1.29 is 4.79 Å². The summed E-state index contributed by atoms with van der Waals surface area (Å²) in [7, 11) is 0. The molecule has 20 heavy (non-hydrogen) atoms. The quantitative estimate of drug-likeness (QED) is 0.656. The fraction of sp³-hybridized carbons (Fsp3) is 0.200. The molecular formula is C15H16N2OS2. The number of aryl methyl sites for hydroxylation is 1. The zero-order chi connectivity index (χ0) is 14.2. The van der Waals surface area contributed by atoms with Crippen LogP contribution in [0.1, 0.15) is 16.0 Å². The Hall–Kier alpha value is -1.59. The summed E-state index contributed by atoms with van der Waals surface area (Å²) < 4.78 is 0. The Bertz CT molecular complexity index is 562. The molecule has 0 spiro atoms. The van der Waals surface area contributed by atoms with Gasteiger partial charge in [0.05, 0.1) is 12.0 Å². The van der Waals surface area contributed by atoms with Crippen LogP contribution in [0, 0.1) is 6.92 Å². The number of thioether (sulfide) groups is 1. The number of nitrogens with zero attached hydrogens (tertiary/aromatic N) is 1. The highest BCUT2D eigenvalue weighted by molar-refractivity contribution is 7.99. The molecule has 0 unspecified atom stereocenters. The Morgan fingerprint density at radius 1 is 1.35 bits per heavy atom. The molecule has 0 aliphatic rings. The molecule has 1 N–H and O–H groups in total. The van der Waals surface area contributed by atoms with Crippen LogP contribution in [0.2, 0.25) is 0 Å². The van der Waals surface area contributed by atoms with Gasteiger partial charge in [0.25, 0.3) is 0 Å². The van der Waals surface area contributed by atoms with E-state index in [-0.39, 0.29) is 5.91 Å². The summed E-state index contributed by atoms with van der Waals surface area (Å²) in [5, 5.41) is 5.90. The standard InChI is InChI=1S/C15H16N2OS2/c1-12-4-6-13(7-5-12)10-19-11-15(18)17-16-9-14-3-2-8-20-14/h2-9H,10-11H2,1H3,(H,17,18)/b16-9+. The summed E-state index contributed by atoms with van der Waals surface area (Å²) >= 11 is 3.17. The minimum absolute atomic E-state index is 0.0742. The van der Waals surface area contributed by atoms with Crippen LogP contribution in [-0.2, 0) is 10.5 Å². The largest absolute Gasteiger partial charge is 0.272 e. The Labute approximate surface area is 127 Å². The maximum Gasteiger partial charge on any atom is 0.250 e. The first-order valence-electron chi connectivity index (χ1n) is 6.23. The molecule has 1 aromatic carbocycles. The van der Waals surface area contributed by atoms with Gasteiger partial charge in [0.2, 0.25) is 5.91 Å². The lowest BCUT2D eigenvalue weighted by molar-refractivity contribution is -0.118. The summed E-state index contributed by atoms with van der Waals surface area (Å²) in [5.74, 6) is 1.17. The maximum atomic E-state index is 11.6. The van der Waals surface area contributed by atoms with Crippen molar-refractivity contribution >= 4 is 35.2 Å². The fourth-order valence-electron chi connectivity index (χ4n) is 1.51. The van der Waals surface area contributed by atoms with E-state index in [0.717, 1.165) is 10.6 Å². The highest BCUT2D eigenvalue weighted by atomic mass is 32.2. The number of nitrogens with one attached hydrogen (secondary N) is 1. The van der Waals surface area contributed by atoms with Crippen LogP contribution < -0.4 is 5.43 Å². The summed E-state index contributed by atoms with van der Waals surface area (Å²) in [4.78, 5) is 12.6. The number of rotatable bonds is 6. The average molecular weight is 304 g/mol. The van der Waals surface area contributed by atoms with Gasteiger partial charge in [0.15, 0.2) is 0 Å². The number of thiophene rings is 1. The third-order valence-corrected chi connectivity index (χ3v) is 4.36. The highest BCUT2D eigenvalue weighted by Gasteiger charge is 2.00. The zero-order valence-electron chi connectivity index (χ0n) is 11.2. The molecule has 0 fully saturated rings. The van der Waals surface area contributed by atoms with Gasteiger partial charge in [-0.3, -0.25) is 4.79 Å². The van der Waals surface area contributed by atoms with E-state index in [1.807, 2.05) is 17.5 Å².